The van der Waals surface area contributed by atoms with Gasteiger partial charge in [-0.2, -0.15) is 11.8 Å². The third kappa shape index (κ3) is 7.28. The first-order valence-corrected chi connectivity index (χ1v) is 10.7. The predicted molar refractivity (Wildman–Crippen MR) is 109 cm³/mol. The van der Waals surface area contributed by atoms with Gasteiger partial charge in [0.05, 0.1) is 12.1 Å². The molecule has 1 heterocycles. The summed E-state index contributed by atoms with van der Waals surface area (Å²) >= 11 is 1.65. The van der Waals surface area contributed by atoms with Crippen LogP contribution in [0.4, 0.5) is 4.39 Å². The van der Waals surface area contributed by atoms with E-state index in [0.29, 0.717) is 31.4 Å². The number of hydrogen-bond donors (Lipinski definition) is 2. The maximum absolute atomic E-state index is 13.3. The van der Waals surface area contributed by atoms with Crippen LogP contribution in [0, 0.1) is 12.7 Å². The van der Waals surface area contributed by atoms with Crippen molar-refractivity contribution in [3.05, 3.63) is 47.3 Å². The van der Waals surface area contributed by atoms with E-state index in [-0.39, 0.29) is 24.2 Å². The van der Waals surface area contributed by atoms with Crippen LogP contribution in [0.2, 0.25) is 0 Å². The van der Waals surface area contributed by atoms with Crippen molar-refractivity contribution >= 4 is 23.6 Å². The number of carboxylic acid groups (broad SMARTS) is 1. The summed E-state index contributed by atoms with van der Waals surface area (Å²) in [4.78, 5) is 24.4. The van der Waals surface area contributed by atoms with Gasteiger partial charge in [-0.1, -0.05) is 24.3 Å². The highest BCUT2D eigenvalue weighted by molar-refractivity contribution is 7.99. The first-order valence-electron chi connectivity index (χ1n) is 9.57. The number of aliphatic hydroxyl groups excluding tert-OH is 1. The van der Waals surface area contributed by atoms with Crippen molar-refractivity contribution in [3.8, 4) is 0 Å². The van der Waals surface area contributed by atoms with Crippen LogP contribution in [0.25, 0.3) is 0 Å². The molecule has 1 amide bonds. The van der Waals surface area contributed by atoms with Gasteiger partial charge in [-0.3, -0.25) is 9.59 Å². The molecule has 28 heavy (non-hydrogen) atoms. The fourth-order valence-corrected chi connectivity index (χ4v) is 4.12. The largest absolute Gasteiger partial charge is 0.481 e. The number of halogens is 1. The number of carbonyl (C=O) groups excluding carboxylic acids is 1. The molecule has 1 aromatic carbocycles. The van der Waals surface area contributed by atoms with Crippen LogP contribution in [0.15, 0.2) is 30.4 Å². The molecule has 2 N–H and O–H groups in total. The number of carboxylic acids is 1. The Balaban J connectivity index is 1.79. The second kappa shape index (κ2) is 11.2. The van der Waals surface area contributed by atoms with E-state index >= 15 is 0 Å². The number of benzene rings is 1. The summed E-state index contributed by atoms with van der Waals surface area (Å²) in [6, 6.07) is 4.80. The number of hydrogen-bond acceptors (Lipinski definition) is 4. The highest BCUT2D eigenvalue weighted by Gasteiger charge is 2.28. The quantitative estimate of drug-likeness (QED) is 0.434. The number of aliphatic carboxylic acids is 1. The van der Waals surface area contributed by atoms with Gasteiger partial charge in [0.15, 0.2) is 0 Å². The van der Waals surface area contributed by atoms with Crippen LogP contribution in [-0.2, 0) is 16.0 Å². The topological polar surface area (TPSA) is 77.8 Å². The number of nitrogens with zero attached hydrogens (tertiary/aromatic N) is 1. The summed E-state index contributed by atoms with van der Waals surface area (Å²) in [7, 11) is 0. The molecule has 0 unspecified atom stereocenters. The molecule has 154 valence electrons. The molecule has 1 aromatic rings. The molecule has 0 bridgehead atoms. The van der Waals surface area contributed by atoms with Crippen molar-refractivity contribution in [1.29, 1.82) is 0 Å². The summed E-state index contributed by atoms with van der Waals surface area (Å²) in [5, 5.41) is 18.9. The molecule has 2 atom stereocenters. The Morgan fingerprint density at radius 3 is 2.93 bits per heavy atom. The Hall–Kier alpha value is -1.86. The number of aryl methyl sites for hydroxylation is 1. The van der Waals surface area contributed by atoms with Gasteiger partial charge in [-0.25, -0.2) is 4.39 Å². The van der Waals surface area contributed by atoms with Crippen molar-refractivity contribution in [2.24, 2.45) is 0 Å². The third-order valence-electron chi connectivity index (χ3n) is 4.75. The van der Waals surface area contributed by atoms with Crippen molar-refractivity contribution in [2.45, 2.75) is 51.2 Å². The summed E-state index contributed by atoms with van der Waals surface area (Å²) in [5.74, 6) is 0.617. The average Bonchev–Trinajstić information content (AvgIpc) is 2.99. The molecule has 1 fully saturated rings. The molecular formula is C21H28FNO4S. The van der Waals surface area contributed by atoms with Crippen molar-refractivity contribution in [1.82, 2.24) is 4.90 Å². The van der Waals surface area contributed by atoms with Crippen LogP contribution in [0.1, 0.15) is 36.8 Å². The smallest absolute Gasteiger partial charge is 0.303 e. The first kappa shape index (κ1) is 22.4. The molecular weight excluding hydrogens is 381 g/mol. The van der Waals surface area contributed by atoms with E-state index < -0.39 is 12.1 Å². The molecule has 5 nitrogen and oxygen atoms in total. The molecule has 0 spiro atoms. The lowest BCUT2D eigenvalue weighted by Gasteiger charge is -2.22. The molecule has 1 aliphatic heterocycles. The van der Waals surface area contributed by atoms with E-state index in [1.165, 1.54) is 6.07 Å². The zero-order chi connectivity index (χ0) is 20.5. The highest BCUT2D eigenvalue weighted by Crippen LogP contribution is 2.21. The van der Waals surface area contributed by atoms with E-state index in [1.54, 1.807) is 36.9 Å². The first-order chi connectivity index (χ1) is 13.4. The van der Waals surface area contributed by atoms with E-state index in [4.69, 9.17) is 5.11 Å². The Kier molecular flexibility index (Phi) is 8.99. The van der Waals surface area contributed by atoms with E-state index in [2.05, 4.69) is 0 Å². The second-order valence-corrected chi connectivity index (χ2v) is 8.27. The van der Waals surface area contributed by atoms with Gasteiger partial charge in [0, 0.05) is 31.6 Å². The monoisotopic (exact) mass is 409 g/mol. The van der Waals surface area contributed by atoms with Crippen LogP contribution in [0.3, 0.4) is 0 Å². The lowest BCUT2D eigenvalue weighted by Crippen LogP contribution is -2.34. The second-order valence-electron chi connectivity index (χ2n) is 7.04. The fraction of sp³-hybridized carbons (Fsp3) is 0.524. The number of carbonyl (C=O) groups is 2. The van der Waals surface area contributed by atoms with E-state index in [9.17, 15) is 19.1 Å². The fourth-order valence-electron chi connectivity index (χ4n) is 3.24. The minimum absolute atomic E-state index is 0.0169. The SMILES string of the molecule is Cc1cc(C[C@H](O)/C=C/[C@H]2CCC(=O)N2CCSCCCC(=O)O)ccc1F. The van der Waals surface area contributed by atoms with Crippen molar-refractivity contribution in [2.75, 3.05) is 18.1 Å². The molecule has 7 heteroatoms. The normalized spacial score (nSPS) is 18.2. The van der Waals surface area contributed by atoms with Gasteiger partial charge in [0.2, 0.25) is 5.91 Å². The molecule has 1 aliphatic rings. The standard InChI is InChI=1S/C21H28FNO4S/c1-15-13-16(4-8-19(15)22)14-18(24)7-5-17-6-9-20(25)23(17)10-12-28-11-2-3-21(26)27/h4-5,7-8,13,17-18,24H,2-3,6,9-12,14H2,1H3,(H,26,27)/b7-5+/t17-,18+/m0/s1. The summed E-state index contributed by atoms with van der Waals surface area (Å²) in [5.41, 5.74) is 1.43. The Morgan fingerprint density at radius 2 is 2.21 bits per heavy atom. The Bertz CT molecular complexity index is 710. The summed E-state index contributed by atoms with van der Waals surface area (Å²) < 4.78 is 13.3. The highest BCUT2D eigenvalue weighted by atomic mass is 32.2. The van der Waals surface area contributed by atoms with Gasteiger partial charge < -0.3 is 15.1 Å². The van der Waals surface area contributed by atoms with Gasteiger partial charge in [-0.15, -0.1) is 0 Å². The zero-order valence-corrected chi connectivity index (χ0v) is 17.0. The summed E-state index contributed by atoms with van der Waals surface area (Å²) in [6.45, 7) is 2.32. The molecule has 0 saturated carbocycles. The summed E-state index contributed by atoms with van der Waals surface area (Å²) in [6.07, 6.45) is 5.37. The van der Waals surface area contributed by atoms with E-state index in [1.807, 2.05) is 11.0 Å². The minimum Gasteiger partial charge on any atom is -0.481 e. The number of likely N-dealkylation sites (tertiary alicyclic amines) is 1. The Labute approximate surface area is 169 Å². The van der Waals surface area contributed by atoms with Crippen molar-refractivity contribution in [3.63, 3.8) is 0 Å². The van der Waals surface area contributed by atoms with Gasteiger partial charge in [-0.05, 0) is 42.7 Å². The number of aliphatic hydroxyl groups is 1. The van der Waals surface area contributed by atoms with Crippen LogP contribution in [-0.4, -0.2) is 57.2 Å². The van der Waals surface area contributed by atoms with Crippen LogP contribution in [0.5, 0.6) is 0 Å². The van der Waals surface area contributed by atoms with Gasteiger partial charge in [0.25, 0.3) is 0 Å². The Morgan fingerprint density at radius 1 is 1.43 bits per heavy atom. The lowest BCUT2D eigenvalue weighted by molar-refractivity contribution is -0.137. The molecule has 1 saturated heterocycles. The van der Waals surface area contributed by atoms with Crippen molar-refractivity contribution < 1.29 is 24.2 Å². The lowest BCUT2D eigenvalue weighted by atomic mass is 10.0. The third-order valence-corrected chi connectivity index (χ3v) is 5.80. The van der Waals surface area contributed by atoms with Gasteiger partial charge >= 0.3 is 5.97 Å². The van der Waals surface area contributed by atoms with Gasteiger partial charge in [0.1, 0.15) is 5.82 Å². The zero-order valence-electron chi connectivity index (χ0n) is 16.1. The number of thioether (sulfide) groups is 1. The average molecular weight is 410 g/mol. The molecule has 0 radical (unpaired) electrons. The maximum Gasteiger partial charge on any atom is 0.303 e. The van der Waals surface area contributed by atoms with Crippen LogP contribution >= 0.6 is 11.8 Å². The number of rotatable bonds is 11. The minimum atomic E-state index is -0.783. The van der Waals surface area contributed by atoms with Crippen LogP contribution < -0.4 is 0 Å². The molecule has 0 aliphatic carbocycles. The van der Waals surface area contributed by atoms with E-state index in [0.717, 1.165) is 23.5 Å². The molecule has 2 rings (SSSR count). The number of amides is 1. The predicted octanol–water partition coefficient (Wildman–Crippen LogP) is 3.18. The maximum atomic E-state index is 13.3. The molecule has 0 aromatic heterocycles.